The van der Waals surface area contributed by atoms with E-state index in [1.807, 2.05) is 0 Å². The minimum absolute atomic E-state index is 0.597. The molecule has 0 amide bonds. The number of hydrogen-bond acceptors (Lipinski definition) is 2. The molecule has 1 unspecified atom stereocenters. The van der Waals surface area contributed by atoms with E-state index in [1.54, 1.807) is 0 Å². The molecule has 1 atom stereocenters. The first-order chi connectivity index (χ1) is 4.76. The normalized spacial score (nSPS) is 14.1. The van der Waals surface area contributed by atoms with Crippen LogP contribution in [0, 0.1) is 11.8 Å². The molecule has 0 aliphatic rings. The van der Waals surface area contributed by atoms with Crippen molar-refractivity contribution in [3.63, 3.8) is 0 Å². The molecule has 0 heterocycles. The fraction of sp³-hybridized carbons (Fsp3) is 1.00. The summed E-state index contributed by atoms with van der Waals surface area (Å²) in [7, 11) is 0. The van der Waals surface area contributed by atoms with Gasteiger partial charge in [-0.15, -0.1) is 0 Å². The van der Waals surface area contributed by atoms with Crippen LogP contribution in [0.3, 0.4) is 0 Å². The molecular weight excluding hydrogens is 126 g/mol. The summed E-state index contributed by atoms with van der Waals surface area (Å²) in [6.45, 7) is 7.29. The fourth-order valence-corrected chi connectivity index (χ4v) is 1.38. The Kier molecular flexibility index (Phi) is 5.64. The number of rotatable bonds is 5. The van der Waals surface area contributed by atoms with Gasteiger partial charge in [-0.2, -0.15) is 0 Å². The van der Waals surface area contributed by atoms with Crippen molar-refractivity contribution >= 4 is 0 Å². The van der Waals surface area contributed by atoms with Crippen molar-refractivity contribution in [3.8, 4) is 0 Å². The van der Waals surface area contributed by atoms with E-state index in [4.69, 9.17) is 5.90 Å². The van der Waals surface area contributed by atoms with Crippen LogP contribution < -0.4 is 5.90 Å². The smallest absolute Gasteiger partial charge is 0.0707 e. The zero-order chi connectivity index (χ0) is 7.98. The lowest BCUT2D eigenvalue weighted by Gasteiger charge is -2.19. The summed E-state index contributed by atoms with van der Waals surface area (Å²) in [5.41, 5.74) is 0. The Labute approximate surface area is 63.7 Å². The maximum Gasteiger partial charge on any atom is 0.0707 e. The van der Waals surface area contributed by atoms with E-state index in [2.05, 4.69) is 25.6 Å². The standard InChI is InChI=1S/C8H19NO/c1-4-8(5-2)7(3)6-10-9/h7-8H,4-6,9H2,1-3H3. The Morgan fingerprint density at radius 1 is 1.30 bits per heavy atom. The molecular formula is C8H19NO. The van der Waals surface area contributed by atoms with Crippen LogP contribution in [-0.4, -0.2) is 6.61 Å². The van der Waals surface area contributed by atoms with Crippen molar-refractivity contribution in [1.29, 1.82) is 0 Å². The summed E-state index contributed by atoms with van der Waals surface area (Å²) in [4.78, 5) is 4.59. The largest absolute Gasteiger partial charge is 0.304 e. The van der Waals surface area contributed by atoms with Gasteiger partial charge < -0.3 is 4.84 Å². The van der Waals surface area contributed by atoms with E-state index < -0.39 is 0 Å². The summed E-state index contributed by atoms with van der Waals surface area (Å²) < 4.78 is 0. The summed E-state index contributed by atoms with van der Waals surface area (Å²) in [5, 5.41) is 0. The quantitative estimate of drug-likeness (QED) is 0.600. The van der Waals surface area contributed by atoms with Crippen LogP contribution in [0.15, 0.2) is 0 Å². The fourth-order valence-electron chi connectivity index (χ4n) is 1.38. The van der Waals surface area contributed by atoms with Gasteiger partial charge in [0.2, 0.25) is 0 Å². The molecule has 0 aliphatic heterocycles. The van der Waals surface area contributed by atoms with Crippen molar-refractivity contribution < 1.29 is 4.84 Å². The molecule has 0 aliphatic carbocycles. The molecule has 10 heavy (non-hydrogen) atoms. The highest BCUT2D eigenvalue weighted by Gasteiger charge is 2.12. The number of hydrogen-bond donors (Lipinski definition) is 1. The Morgan fingerprint density at radius 2 is 1.80 bits per heavy atom. The Morgan fingerprint density at radius 3 is 2.10 bits per heavy atom. The summed E-state index contributed by atoms with van der Waals surface area (Å²) in [6.07, 6.45) is 2.45. The second kappa shape index (κ2) is 5.69. The van der Waals surface area contributed by atoms with Gasteiger partial charge in [-0.1, -0.05) is 33.6 Å². The van der Waals surface area contributed by atoms with Gasteiger partial charge in [-0.05, 0) is 11.8 Å². The van der Waals surface area contributed by atoms with Gasteiger partial charge in [-0.3, -0.25) is 0 Å². The Balaban J connectivity index is 3.53. The van der Waals surface area contributed by atoms with E-state index in [0.717, 1.165) is 5.92 Å². The van der Waals surface area contributed by atoms with Gasteiger partial charge in [0.15, 0.2) is 0 Å². The van der Waals surface area contributed by atoms with E-state index >= 15 is 0 Å². The molecule has 0 spiro atoms. The molecule has 0 aromatic heterocycles. The van der Waals surface area contributed by atoms with E-state index in [0.29, 0.717) is 12.5 Å². The lowest BCUT2D eigenvalue weighted by molar-refractivity contribution is 0.0827. The summed E-state index contributed by atoms with van der Waals surface area (Å²) in [5.74, 6) is 6.34. The zero-order valence-corrected chi connectivity index (χ0v) is 7.26. The molecule has 0 fully saturated rings. The highest BCUT2D eigenvalue weighted by molar-refractivity contribution is 4.61. The van der Waals surface area contributed by atoms with Gasteiger partial charge >= 0.3 is 0 Å². The van der Waals surface area contributed by atoms with Crippen molar-refractivity contribution in [3.05, 3.63) is 0 Å². The molecule has 2 N–H and O–H groups in total. The minimum atomic E-state index is 0.597. The highest BCUT2D eigenvalue weighted by atomic mass is 16.6. The maximum atomic E-state index is 4.98. The van der Waals surface area contributed by atoms with E-state index in [9.17, 15) is 0 Å². The third kappa shape index (κ3) is 3.18. The van der Waals surface area contributed by atoms with Crippen molar-refractivity contribution in [2.45, 2.75) is 33.6 Å². The Hall–Kier alpha value is -0.0800. The minimum Gasteiger partial charge on any atom is -0.304 e. The first kappa shape index (κ1) is 9.92. The van der Waals surface area contributed by atoms with Crippen LogP contribution in [0.5, 0.6) is 0 Å². The summed E-state index contributed by atoms with van der Waals surface area (Å²) >= 11 is 0. The monoisotopic (exact) mass is 145 g/mol. The molecule has 0 rings (SSSR count). The molecule has 0 bridgehead atoms. The molecule has 2 nitrogen and oxygen atoms in total. The van der Waals surface area contributed by atoms with Gasteiger partial charge in [0.25, 0.3) is 0 Å². The first-order valence-corrected chi connectivity index (χ1v) is 4.07. The molecule has 0 radical (unpaired) electrons. The van der Waals surface area contributed by atoms with Gasteiger partial charge in [0.05, 0.1) is 6.61 Å². The van der Waals surface area contributed by atoms with Crippen molar-refractivity contribution in [2.75, 3.05) is 6.61 Å². The highest BCUT2D eigenvalue weighted by Crippen LogP contribution is 2.18. The molecule has 0 aromatic carbocycles. The van der Waals surface area contributed by atoms with Crippen molar-refractivity contribution in [2.24, 2.45) is 17.7 Å². The third-order valence-corrected chi connectivity index (χ3v) is 2.21. The van der Waals surface area contributed by atoms with E-state index in [1.165, 1.54) is 12.8 Å². The SMILES string of the molecule is CCC(CC)C(C)CON. The molecule has 2 heteroatoms. The predicted octanol–water partition coefficient (Wildman–Crippen LogP) is 1.95. The van der Waals surface area contributed by atoms with Gasteiger partial charge in [0.1, 0.15) is 0 Å². The lowest BCUT2D eigenvalue weighted by atomic mass is 9.90. The third-order valence-electron chi connectivity index (χ3n) is 2.21. The maximum absolute atomic E-state index is 4.98. The lowest BCUT2D eigenvalue weighted by Crippen LogP contribution is -2.18. The van der Waals surface area contributed by atoms with E-state index in [-0.39, 0.29) is 0 Å². The second-order valence-corrected chi connectivity index (χ2v) is 2.89. The summed E-state index contributed by atoms with van der Waals surface area (Å²) in [6, 6.07) is 0. The van der Waals surface area contributed by atoms with Crippen LogP contribution >= 0.6 is 0 Å². The predicted molar refractivity (Wildman–Crippen MR) is 43.4 cm³/mol. The zero-order valence-electron chi connectivity index (χ0n) is 7.26. The van der Waals surface area contributed by atoms with Crippen LogP contribution in [-0.2, 0) is 4.84 Å². The average Bonchev–Trinajstić information content (AvgIpc) is 1.91. The Bertz CT molecular complexity index is 71.7. The van der Waals surface area contributed by atoms with Gasteiger partial charge in [0, 0.05) is 0 Å². The molecule has 0 saturated carbocycles. The molecule has 0 saturated heterocycles. The van der Waals surface area contributed by atoms with Crippen LogP contribution in [0.2, 0.25) is 0 Å². The van der Waals surface area contributed by atoms with Crippen LogP contribution in [0.1, 0.15) is 33.6 Å². The second-order valence-electron chi connectivity index (χ2n) is 2.89. The topological polar surface area (TPSA) is 35.2 Å². The molecule has 62 valence electrons. The molecule has 0 aromatic rings. The average molecular weight is 145 g/mol. The van der Waals surface area contributed by atoms with Crippen molar-refractivity contribution in [1.82, 2.24) is 0 Å². The van der Waals surface area contributed by atoms with Crippen LogP contribution in [0.4, 0.5) is 0 Å². The first-order valence-electron chi connectivity index (χ1n) is 4.07. The van der Waals surface area contributed by atoms with Gasteiger partial charge in [-0.25, -0.2) is 5.90 Å². The van der Waals surface area contributed by atoms with Crippen LogP contribution in [0.25, 0.3) is 0 Å². The number of nitrogens with two attached hydrogens (primary N) is 1.